The molecular weight excluding hydrogens is 242 g/mol. The Hall–Kier alpha value is -0.530. The SMILES string of the molecule is Cl.c1ccc2c(c1)CCC2CCC1CCNCC1. The van der Waals surface area contributed by atoms with E-state index < -0.39 is 0 Å². The van der Waals surface area contributed by atoms with Gasteiger partial charge in [-0.3, -0.25) is 0 Å². The van der Waals surface area contributed by atoms with Crippen molar-refractivity contribution in [2.24, 2.45) is 5.92 Å². The Morgan fingerprint density at radius 2 is 1.78 bits per heavy atom. The highest BCUT2D eigenvalue weighted by molar-refractivity contribution is 5.85. The molecule has 1 aromatic carbocycles. The Bertz CT molecular complexity index is 371. The van der Waals surface area contributed by atoms with Crippen LogP contribution in [-0.2, 0) is 6.42 Å². The van der Waals surface area contributed by atoms with Crippen LogP contribution >= 0.6 is 12.4 Å². The van der Waals surface area contributed by atoms with Crippen LogP contribution in [0.4, 0.5) is 0 Å². The predicted octanol–water partition coefficient (Wildman–Crippen LogP) is 3.92. The number of piperidine rings is 1. The van der Waals surface area contributed by atoms with E-state index >= 15 is 0 Å². The lowest BCUT2D eigenvalue weighted by Gasteiger charge is -2.24. The first-order valence-corrected chi connectivity index (χ1v) is 7.22. The van der Waals surface area contributed by atoms with Crippen molar-refractivity contribution in [1.29, 1.82) is 0 Å². The van der Waals surface area contributed by atoms with E-state index in [1.54, 1.807) is 11.1 Å². The summed E-state index contributed by atoms with van der Waals surface area (Å²) in [5.41, 5.74) is 3.27. The number of aryl methyl sites for hydroxylation is 1. The van der Waals surface area contributed by atoms with Gasteiger partial charge in [0.05, 0.1) is 0 Å². The number of rotatable bonds is 3. The Labute approximate surface area is 117 Å². The van der Waals surface area contributed by atoms with Crippen molar-refractivity contribution in [3.63, 3.8) is 0 Å². The lowest BCUT2D eigenvalue weighted by molar-refractivity contribution is 0.336. The van der Waals surface area contributed by atoms with Crippen LogP contribution in [-0.4, -0.2) is 13.1 Å². The van der Waals surface area contributed by atoms with E-state index in [2.05, 4.69) is 29.6 Å². The van der Waals surface area contributed by atoms with Crippen LogP contribution in [0.25, 0.3) is 0 Å². The van der Waals surface area contributed by atoms with Crippen LogP contribution in [0.2, 0.25) is 0 Å². The summed E-state index contributed by atoms with van der Waals surface area (Å²) in [6.45, 7) is 2.48. The second-order valence-corrected chi connectivity index (χ2v) is 5.71. The molecular formula is C16H24ClN. The Kier molecular flexibility index (Phi) is 5.08. The highest BCUT2D eigenvalue weighted by Gasteiger charge is 2.23. The molecule has 1 saturated heterocycles. The van der Waals surface area contributed by atoms with E-state index in [-0.39, 0.29) is 12.4 Å². The zero-order chi connectivity index (χ0) is 11.5. The van der Waals surface area contributed by atoms with Gasteiger partial charge in [0.1, 0.15) is 0 Å². The third-order valence-electron chi connectivity index (χ3n) is 4.64. The fraction of sp³-hybridized carbons (Fsp3) is 0.625. The molecule has 0 bridgehead atoms. The lowest BCUT2D eigenvalue weighted by atomic mass is 9.87. The summed E-state index contributed by atoms with van der Waals surface area (Å²) in [5.74, 6) is 1.85. The first-order valence-electron chi connectivity index (χ1n) is 7.22. The minimum absolute atomic E-state index is 0. The molecule has 1 atom stereocenters. The zero-order valence-electron chi connectivity index (χ0n) is 11.0. The van der Waals surface area contributed by atoms with Gasteiger partial charge in [0.25, 0.3) is 0 Å². The van der Waals surface area contributed by atoms with Gasteiger partial charge >= 0.3 is 0 Å². The maximum absolute atomic E-state index is 3.46. The van der Waals surface area contributed by atoms with Crippen molar-refractivity contribution >= 4 is 12.4 Å². The van der Waals surface area contributed by atoms with E-state index in [0.29, 0.717) is 0 Å². The van der Waals surface area contributed by atoms with E-state index in [9.17, 15) is 0 Å². The van der Waals surface area contributed by atoms with Crippen molar-refractivity contribution in [2.75, 3.05) is 13.1 Å². The maximum atomic E-state index is 3.46. The molecule has 100 valence electrons. The summed E-state index contributed by atoms with van der Waals surface area (Å²) in [5, 5.41) is 3.46. The average Bonchev–Trinajstić information content (AvgIpc) is 2.81. The van der Waals surface area contributed by atoms with Gasteiger partial charge < -0.3 is 5.32 Å². The second-order valence-electron chi connectivity index (χ2n) is 5.71. The maximum Gasteiger partial charge on any atom is -0.00463 e. The van der Waals surface area contributed by atoms with Crippen molar-refractivity contribution in [2.45, 2.75) is 44.4 Å². The number of nitrogens with one attached hydrogen (secondary N) is 1. The smallest absolute Gasteiger partial charge is 0.00463 e. The highest BCUT2D eigenvalue weighted by Crippen LogP contribution is 2.37. The molecule has 0 saturated carbocycles. The van der Waals surface area contributed by atoms with Crippen LogP contribution in [0.3, 0.4) is 0 Å². The fourth-order valence-electron chi connectivity index (χ4n) is 3.55. The van der Waals surface area contributed by atoms with Gasteiger partial charge in [0.15, 0.2) is 0 Å². The summed E-state index contributed by atoms with van der Waals surface area (Å²) in [7, 11) is 0. The van der Waals surface area contributed by atoms with Gasteiger partial charge in [0, 0.05) is 0 Å². The molecule has 3 rings (SSSR count). The largest absolute Gasteiger partial charge is 0.317 e. The quantitative estimate of drug-likeness (QED) is 0.874. The molecule has 2 aliphatic rings. The molecule has 0 spiro atoms. The van der Waals surface area contributed by atoms with Crippen molar-refractivity contribution in [1.82, 2.24) is 5.32 Å². The van der Waals surface area contributed by atoms with Gasteiger partial charge in [-0.15, -0.1) is 12.4 Å². The van der Waals surface area contributed by atoms with E-state index in [4.69, 9.17) is 0 Å². The number of fused-ring (bicyclic) bond motifs is 1. The average molecular weight is 266 g/mol. The molecule has 1 aliphatic carbocycles. The third-order valence-corrected chi connectivity index (χ3v) is 4.64. The van der Waals surface area contributed by atoms with Crippen LogP contribution in [0.15, 0.2) is 24.3 Å². The zero-order valence-corrected chi connectivity index (χ0v) is 11.8. The molecule has 1 aliphatic heterocycles. The Balaban J connectivity index is 0.00000120. The van der Waals surface area contributed by atoms with Crippen LogP contribution < -0.4 is 5.32 Å². The number of halogens is 1. The second kappa shape index (κ2) is 6.58. The normalized spacial score (nSPS) is 23.4. The molecule has 0 aromatic heterocycles. The molecule has 2 heteroatoms. The third kappa shape index (κ3) is 3.07. The number of hydrogen-bond acceptors (Lipinski definition) is 1. The van der Waals surface area contributed by atoms with Gasteiger partial charge in [0.2, 0.25) is 0 Å². The minimum Gasteiger partial charge on any atom is -0.317 e. The molecule has 1 nitrogen and oxygen atoms in total. The fourth-order valence-corrected chi connectivity index (χ4v) is 3.55. The van der Waals surface area contributed by atoms with E-state index in [1.807, 2.05) is 0 Å². The molecule has 18 heavy (non-hydrogen) atoms. The topological polar surface area (TPSA) is 12.0 Å². The standard InChI is InChI=1S/C16H23N.ClH/c1-2-4-16-14(3-1)7-8-15(16)6-5-13-9-11-17-12-10-13;/h1-4,13,15,17H,5-12H2;1H. The molecule has 1 fully saturated rings. The molecule has 1 heterocycles. The van der Waals surface area contributed by atoms with Gasteiger partial charge in [-0.2, -0.15) is 0 Å². The lowest BCUT2D eigenvalue weighted by Crippen LogP contribution is -2.27. The van der Waals surface area contributed by atoms with Crippen LogP contribution in [0.5, 0.6) is 0 Å². The molecule has 1 N–H and O–H groups in total. The Morgan fingerprint density at radius 1 is 1.00 bits per heavy atom. The van der Waals surface area contributed by atoms with E-state index in [1.165, 1.54) is 51.6 Å². The van der Waals surface area contributed by atoms with E-state index in [0.717, 1.165) is 11.8 Å². The molecule has 1 aromatic rings. The van der Waals surface area contributed by atoms with Gasteiger partial charge in [-0.1, -0.05) is 24.3 Å². The minimum atomic E-state index is 0. The van der Waals surface area contributed by atoms with Crippen LogP contribution in [0, 0.1) is 5.92 Å². The molecule has 0 radical (unpaired) electrons. The first-order chi connectivity index (χ1) is 8.43. The Morgan fingerprint density at radius 3 is 2.61 bits per heavy atom. The number of benzene rings is 1. The van der Waals surface area contributed by atoms with Gasteiger partial charge in [-0.25, -0.2) is 0 Å². The van der Waals surface area contributed by atoms with Crippen LogP contribution in [0.1, 0.15) is 49.1 Å². The first kappa shape index (κ1) is 13.9. The highest BCUT2D eigenvalue weighted by atomic mass is 35.5. The molecule has 0 amide bonds. The van der Waals surface area contributed by atoms with Crippen molar-refractivity contribution < 1.29 is 0 Å². The van der Waals surface area contributed by atoms with Gasteiger partial charge in [-0.05, 0) is 74.6 Å². The predicted molar refractivity (Wildman–Crippen MR) is 79.6 cm³/mol. The summed E-state index contributed by atoms with van der Waals surface area (Å²) in [6.07, 6.45) is 8.36. The summed E-state index contributed by atoms with van der Waals surface area (Å²) < 4.78 is 0. The molecule has 1 unspecified atom stereocenters. The summed E-state index contributed by atoms with van der Waals surface area (Å²) in [6, 6.07) is 9.07. The summed E-state index contributed by atoms with van der Waals surface area (Å²) >= 11 is 0. The van der Waals surface area contributed by atoms with Crippen molar-refractivity contribution in [3.05, 3.63) is 35.4 Å². The number of hydrogen-bond donors (Lipinski definition) is 1. The monoisotopic (exact) mass is 265 g/mol. The van der Waals surface area contributed by atoms with Crippen molar-refractivity contribution in [3.8, 4) is 0 Å². The summed E-state index contributed by atoms with van der Waals surface area (Å²) in [4.78, 5) is 0.